The number of carboxylic acid groups (broad SMARTS) is 2. The summed E-state index contributed by atoms with van der Waals surface area (Å²) in [5.74, 6) is -2.53. The predicted molar refractivity (Wildman–Crippen MR) is 115 cm³/mol. The molecule has 0 saturated heterocycles. The first kappa shape index (κ1) is 20.6. The lowest BCUT2D eigenvalue weighted by Crippen LogP contribution is -1.97. The third-order valence-electron chi connectivity index (χ3n) is 4.44. The average molecular weight is 460 g/mol. The second-order valence-electron chi connectivity index (χ2n) is 6.68. The van der Waals surface area contributed by atoms with Crippen molar-refractivity contribution in [1.82, 2.24) is 19.9 Å². The van der Waals surface area contributed by atoms with Crippen molar-refractivity contribution in [2.45, 2.75) is 0 Å². The Morgan fingerprint density at radius 1 is 0.588 bits per heavy atom. The Kier molecular flexibility index (Phi) is 5.07. The molecule has 34 heavy (non-hydrogen) atoms. The maximum Gasteiger partial charge on any atom is 0.339 e. The van der Waals surface area contributed by atoms with Crippen molar-refractivity contribution < 1.29 is 37.5 Å². The molecule has 0 radical (unpaired) electrons. The van der Waals surface area contributed by atoms with Gasteiger partial charge in [-0.3, -0.25) is 9.97 Å². The summed E-state index contributed by atoms with van der Waals surface area (Å²) in [6, 6.07) is 8.52. The van der Waals surface area contributed by atoms with Crippen LogP contribution in [-0.2, 0) is 0 Å². The maximum absolute atomic E-state index is 11.8. The van der Waals surface area contributed by atoms with Crippen molar-refractivity contribution in [2.75, 3.05) is 0 Å². The van der Waals surface area contributed by atoms with E-state index in [2.05, 4.69) is 19.9 Å². The minimum absolute atomic E-state index is 0.00292. The van der Waals surface area contributed by atoms with E-state index in [-0.39, 0.29) is 56.3 Å². The lowest BCUT2D eigenvalue weighted by atomic mass is 10.2. The van der Waals surface area contributed by atoms with Gasteiger partial charge in [0.25, 0.3) is 0 Å². The van der Waals surface area contributed by atoms with Crippen molar-refractivity contribution in [3.05, 3.63) is 72.3 Å². The van der Waals surface area contributed by atoms with Crippen LogP contribution in [0.4, 0.5) is 0 Å². The van der Waals surface area contributed by atoms with Crippen molar-refractivity contribution in [3.8, 4) is 0 Å². The zero-order valence-corrected chi connectivity index (χ0v) is 16.9. The molecule has 5 aromatic rings. The molecular weight excluding hydrogens is 448 g/mol. The van der Waals surface area contributed by atoms with Gasteiger partial charge in [0.05, 0.1) is 24.8 Å². The molecule has 0 fully saturated rings. The van der Waals surface area contributed by atoms with Crippen LogP contribution in [0.15, 0.2) is 78.9 Å². The molecule has 2 N–H and O–H groups in total. The number of hydrogen-bond acceptors (Lipinski definition) is 10. The van der Waals surface area contributed by atoms with Gasteiger partial charge < -0.3 is 27.9 Å². The fourth-order valence-electron chi connectivity index (χ4n) is 3.03. The van der Waals surface area contributed by atoms with Crippen LogP contribution >= 0.6 is 0 Å². The largest absolute Gasteiger partial charge is 0.478 e. The molecule has 0 unspecified atom stereocenters. The molecule has 5 rings (SSSR count). The van der Waals surface area contributed by atoms with Crippen LogP contribution in [0.2, 0.25) is 0 Å². The molecule has 0 aliphatic carbocycles. The first-order chi connectivity index (χ1) is 16.5. The second-order valence-corrected chi connectivity index (χ2v) is 6.68. The molecule has 0 saturated carbocycles. The third-order valence-corrected chi connectivity index (χ3v) is 4.44. The van der Waals surface area contributed by atoms with Gasteiger partial charge in [0, 0.05) is 0 Å². The van der Waals surface area contributed by atoms with E-state index in [1.165, 1.54) is 61.2 Å². The number of carboxylic acids is 2. The number of nitrogens with zero attached hydrogens (tertiary/aromatic N) is 4. The van der Waals surface area contributed by atoms with Gasteiger partial charge in [-0.1, -0.05) is 12.1 Å². The van der Waals surface area contributed by atoms with Crippen LogP contribution in [0.1, 0.15) is 20.7 Å². The van der Waals surface area contributed by atoms with Gasteiger partial charge in [0.15, 0.2) is 22.3 Å². The number of rotatable bonds is 2. The monoisotopic (exact) mass is 460 g/mol. The maximum atomic E-state index is 11.8. The SMILES string of the molecule is O=C(O)c1cccc2oc3cncc(n3)oc3c(C(=O)O)cccc3oc3cncc(n3)oc12. The van der Waals surface area contributed by atoms with E-state index in [4.69, 9.17) is 17.7 Å². The van der Waals surface area contributed by atoms with E-state index in [0.29, 0.717) is 0 Å². The number of benzene rings is 2. The highest BCUT2D eigenvalue weighted by molar-refractivity contribution is 6.00. The first-order valence-electron chi connectivity index (χ1n) is 9.56. The summed E-state index contributed by atoms with van der Waals surface area (Å²) in [4.78, 5) is 39.9. The van der Waals surface area contributed by atoms with Crippen molar-refractivity contribution in [2.24, 2.45) is 0 Å². The molecule has 3 aromatic heterocycles. The minimum atomic E-state index is -1.26. The number of carbonyl (C=O) groups is 2. The second kappa shape index (κ2) is 8.35. The van der Waals surface area contributed by atoms with E-state index in [9.17, 15) is 19.8 Å². The Morgan fingerprint density at radius 2 is 0.971 bits per heavy atom. The zero-order chi connectivity index (χ0) is 23.7. The summed E-state index contributed by atoms with van der Waals surface area (Å²) < 4.78 is 22.9. The Bertz CT molecular complexity index is 1610. The van der Waals surface area contributed by atoms with Gasteiger partial charge in [-0.15, -0.1) is 0 Å². The molecule has 3 heterocycles. The first-order valence-corrected chi connectivity index (χ1v) is 9.56. The summed E-state index contributed by atoms with van der Waals surface area (Å²) in [5.41, 5.74) is -1.06. The topological polar surface area (TPSA) is 179 Å². The van der Waals surface area contributed by atoms with E-state index >= 15 is 0 Å². The summed E-state index contributed by atoms with van der Waals surface area (Å²) in [6.07, 6.45) is 5.01. The molecular formula is C22H12N4O8. The Balaban J connectivity index is 2.05. The van der Waals surface area contributed by atoms with Crippen LogP contribution in [0.3, 0.4) is 0 Å². The number of para-hydroxylation sites is 2. The fraction of sp³-hybridized carbons (Fsp3) is 0. The van der Waals surface area contributed by atoms with Crippen LogP contribution in [0.5, 0.6) is 0 Å². The van der Waals surface area contributed by atoms with Crippen molar-refractivity contribution >= 4 is 57.1 Å². The Labute approximate surface area is 187 Å². The summed E-state index contributed by atoms with van der Waals surface area (Å²) in [6.45, 7) is 0. The van der Waals surface area contributed by atoms with E-state index < -0.39 is 11.9 Å². The summed E-state index contributed by atoms with van der Waals surface area (Å²) >= 11 is 0. The molecule has 0 atom stereocenters. The van der Waals surface area contributed by atoms with Gasteiger partial charge in [-0.25, -0.2) is 9.59 Å². The van der Waals surface area contributed by atoms with Crippen molar-refractivity contribution in [3.63, 3.8) is 0 Å². The fourth-order valence-corrected chi connectivity index (χ4v) is 3.03. The third kappa shape index (κ3) is 3.98. The zero-order valence-electron chi connectivity index (χ0n) is 16.9. The minimum Gasteiger partial charge on any atom is -0.478 e. The summed E-state index contributed by atoms with van der Waals surface area (Å²) in [7, 11) is 0. The molecule has 0 aliphatic rings. The normalized spacial score (nSPS) is 10.8. The standard InChI is InChI=1S/C22H12N4O8/c27-21(28)11-3-1-5-13-19(11)33-17-9-24-8-16(26-17)32-14-6-2-4-12(22(29)30)20(14)34-18-10-23-7-15(25-18)31-13/h1-10H,(H,27,28)(H,29,30). The highest BCUT2D eigenvalue weighted by atomic mass is 16.4. The number of fused-ring (bicyclic) bond motifs is 6. The average Bonchev–Trinajstić information content (AvgIpc) is 2.81. The molecule has 12 nitrogen and oxygen atoms in total. The van der Waals surface area contributed by atoms with Crippen LogP contribution in [0.25, 0.3) is 45.2 Å². The highest BCUT2D eigenvalue weighted by Crippen LogP contribution is 2.22. The Hall–Kier alpha value is -5.26. The predicted octanol–water partition coefficient (Wildman–Crippen LogP) is 4.46. The van der Waals surface area contributed by atoms with E-state index in [1.54, 1.807) is 0 Å². The molecule has 0 spiro atoms. The smallest absolute Gasteiger partial charge is 0.339 e. The molecule has 4 bridgehead atoms. The lowest BCUT2D eigenvalue weighted by Gasteiger charge is -2.00. The van der Waals surface area contributed by atoms with Gasteiger partial charge in [0.1, 0.15) is 11.1 Å². The van der Waals surface area contributed by atoms with Gasteiger partial charge >= 0.3 is 11.9 Å². The molecule has 168 valence electrons. The molecule has 0 amide bonds. The van der Waals surface area contributed by atoms with Crippen molar-refractivity contribution in [1.29, 1.82) is 0 Å². The molecule has 2 aromatic carbocycles. The van der Waals surface area contributed by atoms with Crippen LogP contribution in [0, 0.1) is 0 Å². The van der Waals surface area contributed by atoms with E-state index in [0.717, 1.165) is 0 Å². The Morgan fingerprint density at radius 3 is 1.35 bits per heavy atom. The number of aromatic nitrogens is 4. The molecule has 12 heteroatoms. The summed E-state index contributed by atoms with van der Waals surface area (Å²) in [5, 5.41) is 19.2. The quantitative estimate of drug-likeness (QED) is 0.378. The van der Waals surface area contributed by atoms with Crippen LogP contribution in [-0.4, -0.2) is 42.1 Å². The van der Waals surface area contributed by atoms with Gasteiger partial charge in [0.2, 0.25) is 22.9 Å². The lowest BCUT2D eigenvalue weighted by molar-refractivity contribution is 0.0686. The van der Waals surface area contributed by atoms with E-state index in [1.807, 2.05) is 0 Å². The van der Waals surface area contributed by atoms with Crippen LogP contribution < -0.4 is 0 Å². The number of aromatic carboxylic acids is 2. The number of hydrogen-bond donors (Lipinski definition) is 2. The van der Waals surface area contributed by atoms with Gasteiger partial charge in [-0.2, -0.15) is 9.97 Å². The molecule has 0 aliphatic heterocycles. The highest BCUT2D eigenvalue weighted by Gasteiger charge is 2.13. The van der Waals surface area contributed by atoms with Gasteiger partial charge in [-0.05, 0) is 24.3 Å².